The Morgan fingerprint density at radius 3 is 2.34 bits per heavy atom. The number of rotatable bonds is 10. The molecule has 0 radical (unpaired) electrons. The van der Waals surface area contributed by atoms with Crippen LogP contribution in [-0.4, -0.2) is 46.3 Å². The van der Waals surface area contributed by atoms with Gasteiger partial charge in [-0.05, 0) is 36.6 Å². The summed E-state index contributed by atoms with van der Waals surface area (Å²) in [5.41, 5.74) is 1.06. The van der Waals surface area contributed by atoms with Crippen LogP contribution in [0.4, 0.5) is 11.4 Å². The van der Waals surface area contributed by atoms with E-state index in [-0.39, 0.29) is 11.4 Å². The summed E-state index contributed by atoms with van der Waals surface area (Å²) in [6.45, 7) is 2.97. The minimum Gasteiger partial charge on any atom is -0.493 e. The van der Waals surface area contributed by atoms with Crippen molar-refractivity contribution < 1.29 is 27.6 Å². The number of nitrogens with one attached hydrogen (secondary N) is 1. The fourth-order valence-electron chi connectivity index (χ4n) is 3.22. The predicted octanol–water partition coefficient (Wildman–Crippen LogP) is 2.95. The van der Waals surface area contributed by atoms with Gasteiger partial charge in [-0.25, -0.2) is 8.42 Å². The van der Waals surface area contributed by atoms with Crippen molar-refractivity contribution >= 4 is 27.3 Å². The number of hydrogen-bond acceptors (Lipinski definition) is 7. The summed E-state index contributed by atoms with van der Waals surface area (Å²) in [6.07, 6.45) is 1.49. The van der Waals surface area contributed by atoms with E-state index in [1.54, 1.807) is 25.1 Å². The first-order valence-corrected chi connectivity index (χ1v) is 11.6. The van der Waals surface area contributed by atoms with E-state index in [1.807, 2.05) is 6.92 Å². The van der Waals surface area contributed by atoms with Crippen LogP contribution in [-0.2, 0) is 14.8 Å². The van der Waals surface area contributed by atoms with Crippen molar-refractivity contribution in [2.75, 3.05) is 31.3 Å². The predicted molar refractivity (Wildman–Crippen MR) is 121 cm³/mol. The first-order valence-electron chi connectivity index (χ1n) is 9.75. The number of anilines is 1. The van der Waals surface area contributed by atoms with Gasteiger partial charge in [0.05, 0.1) is 37.1 Å². The third-order valence-corrected chi connectivity index (χ3v) is 6.04. The molecule has 174 valence electrons. The van der Waals surface area contributed by atoms with Crippen molar-refractivity contribution in [2.45, 2.75) is 26.3 Å². The summed E-state index contributed by atoms with van der Waals surface area (Å²) in [6, 6.07) is 8.72. The highest BCUT2D eigenvalue weighted by Gasteiger charge is 2.25. The smallest absolute Gasteiger partial charge is 0.271 e. The van der Waals surface area contributed by atoms with Gasteiger partial charge in [0.1, 0.15) is 6.54 Å². The molecule has 2 aromatic carbocycles. The number of nitro groups is 1. The molecule has 0 aliphatic heterocycles. The molecule has 1 atom stereocenters. The summed E-state index contributed by atoms with van der Waals surface area (Å²) < 4.78 is 36.3. The minimum atomic E-state index is -3.89. The Kier molecular flexibility index (Phi) is 8.03. The number of hydrogen-bond donors (Lipinski definition) is 1. The molecule has 10 nitrogen and oxygen atoms in total. The first kappa shape index (κ1) is 24.9. The van der Waals surface area contributed by atoms with Crippen LogP contribution >= 0.6 is 0 Å². The molecule has 0 saturated carbocycles. The summed E-state index contributed by atoms with van der Waals surface area (Å²) >= 11 is 0. The molecule has 0 bridgehead atoms. The molecular formula is C21H27N3O7S. The molecule has 0 spiro atoms. The van der Waals surface area contributed by atoms with Gasteiger partial charge in [-0.3, -0.25) is 19.2 Å². The lowest BCUT2D eigenvalue weighted by molar-refractivity contribution is -0.384. The molecule has 32 heavy (non-hydrogen) atoms. The average molecular weight is 466 g/mol. The zero-order valence-corrected chi connectivity index (χ0v) is 19.4. The summed E-state index contributed by atoms with van der Waals surface area (Å²) in [4.78, 5) is 23.3. The van der Waals surface area contributed by atoms with Crippen molar-refractivity contribution in [2.24, 2.45) is 0 Å². The van der Waals surface area contributed by atoms with Crippen LogP contribution in [0.15, 0.2) is 36.4 Å². The average Bonchev–Trinajstić information content (AvgIpc) is 2.74. The van der Waals surface area contributed by atoms with E-state index in [0.29, 0.717) is 23.5 Å². The second-order valence-electron chi connectivity index (χ2n) is 7.14. The second-order valence-corrected chi connectivity index (χ2v) is 9.05. The topological polar surface area (TPSA) is 128 Å². The van der Waals surface area contributed by atoms with Gasteiger partial charge in [-0.1, -0.05) is 19.1 Å². The van der Waals surface area contributed by atoms with Crippen molar-refractivity contribution in [3.05, 3.63) is 57.6 Å². The highest BCUT2D eigenvalue weighted by molar-refractivity contribution is 7.92. The number of ether oxygens (including phenoxy) is 2. The van der Waals surface area contributed by atoms with Gasteiger partial charge >= 0.3 is 0 Å². The number of non-ortho nitro benzene ring substituents is 1. The molecule has 1 N–H and O–H groups in total. The van der Waals surface area contributed by atoms with Crippen molar-refractivity contribution in [3.8, 4) is 11.5 Å². The zero-order chi connectivity index (χ0) is 24.1. The van der Waals surface area contributed by atoms with Crippen molar-refractivity contribution in [1.29, 1.82) is 0 Å². The number of sulfonamides is 1. The molecule has 0 aromatic heterocycles. The van der Waals surface area contributed by atoms with Crippen LogP contribution in [0.2, 0.25) is 0 Å². The van der Waals surface area contributed by atoms with E-state index in [4.69, 9.17) is 9.47 Å². The van der Waals surface area contributed by atoms with E-state index in [9.17, 15) is 23.3 Å². The van der Waals surface area contributed by atoms with Crippen LogP contribution in [0.5, 0.6) is 11.5 Å². The monoisotopic (exact) mass is 465 g/mol. The number of benzene rings is 2. The highest BCUT2D eigenvalue weighted by Crippen LogP contribution is 2.31. The Labute approximate surface area is 187 Å². The Morgan fingerprint density at radius 1 is 1.16 bits per heavy atom. The Balaban J connectivity index is 2.31. The summed E-state index contributed by atoms with van der Waals surface area (Å²) in [7, 11) is -0.865. The van der Waals surface area contributed by atoms with Crippen molar-refractivity contribution in [3.63, 3.8) is 0 Å². The number of aryl methyl sites for hydroxylation is 1. The molecule has 0 aliphatic carbocycles. The van der Waals surface area contributed by atoms with Crippen LogP contribution in [0.1, 0.15) is 30.5 Å². The number of amides is 1. The maximum Gasteiger partial charge on any atom is 0.271 e. The molecule has 0 heterocycles. The maximum atomic E-state index is 12.8. The highest BCUT2D eigenvalue weighted by atomic mass is 32.2. The summed E-state index contributed by atoms with van der Waals surface area (Å²) in [5, 5.41) is 14.0. The van der Waals surface area contributed by atoms with Gasteiger partial charge in [0.2, 0.25) is 15.9 Å². The van der Waals surface area contributed by atoms with Gasteiger partial charge in [-0.2, -0.15) is 0 Å². The number of methoxy groups -OCH3 is 2. The molecule has 0 fully saturated rings. The fraction of sp³-hybridized carbons (Fsp3) is 0.381. The van der Waals surface area contributed by atoms with E-state index in [0.717, 1.165) is 22.2 Å². The van der Waals surface area contributed by atoms with Gasteiger partial charge in [0, 0.05) is 12.1 Å². The third-order valence-electron chi connectivity index (χ3n) is 4.91. The Bertz CT molecular complexity index is 1100. The Hall–Kier alpha value is -3.34. The molecule has 11 heteroatoms. The molecule has 1 amide bonds. The first-order chi connectivity index (χ1) is 15.0. The zero-order valence-electron chi connectivity index (χ0n) is 18.6. The lowest BCUT2D eigenvalue weighted by Gasteiger charge is -2.25. The molecule has 2 rings (SSSR count). The molecule has 2 aromatic rings. The number of nitrogens with zero attached hydrogens (tertiary/aromatic N) is 2. The number of carbonyl (C=O) groups excluding carboxylic acids is 1. The molecule has 1 unspecified atom stereocenters. The normalized spacial score (nSPS) is 12.0. The number of nitro benzene ring substituents is 1. The minimum absolute atomic E-state index is 0.0796. The molecule has 0 aliphatic rings. The third kappa shape index (κ3) is 5.88. The van der Waals surface area contributed by atoms with Crippen LogP contribution < -0.4 is 19.1 Å². The largest absolute Gasteiger partial charge is 0.493 e. The van der Waals surface area contributed by atoms with Gasteiger partial charge in [-0.15, -0.1) is 0 Å². The van der Waals surface area contributed by atoms with E-state index >= 15 is 0 Å². The van der Waals surface area contributed by atoms with E-state index in [2.05, 4.69) is 5.32 Å². The SMILES string of the molecule is CCC(NC(=O)CN(c1cc([N+](=O)[O-])ccc1C)S(C)(=O)=O)c1ccc(OC)c(OC)c1. The van der Waals surface area contributed by atoms with E-state index in [1.165, 1.54) is 26.4 Å². The second kappa shape index (κ2) is 10.3. The standard InChI is InChI=1S/C21H27N3O7S/c1-6-17(15-8-10-19(30-3)20(11-15)31-4)22-21(25)13-23(32(5,28)29)18-12-16(24(26)27)9-7-14(18)2/h7-12,17H,6,13H2,1-5H3,(H,22,25). The van der Waals surface area contributed by atoms with E-state index < -0.39 is 33.4 Å². The van der Waals surface area contributed by atoms with Gasteiger partial charge < -0.3 is 14.8 Å². The van der Waals surface area contributed by atoms with Crippen LogP contribution in [0.3, 0.4) is 0 Å². The van der Waals surface area contributed by atoms with Crippen LogP contribution in [0.25, 0.3) is 0 Å². The van der Waals surface area contributed by atoms with Crippen molar-refractivity contribution in [1.82, 2.24) is 5.32 Å². The molecular weight excluding hydrogens is 438 g/mol. The molecule has 0 saturated heterocycles. The number of carbonyl (C=O) groups is 1. The van der Waals surface area contributed by atoms with Gasteiger partial charge in [0.15, 0.2) is 11.5 Å². The lowest BCUT2D eigenvalue weighted by Crippen LogP contribution is -2.41. The Morgan fingerprint density at radius 2 is 1.81 bits per heavy atom. The van der Waals surface area contributed by atoms with Crippen LogP contribution in [0, 0.1) is 17.0 Å². The summed E-state index contributed by atoms with van der Waals surface area (Å²) in [5.74, 6) is 0.493. The lowest BCUT2D eigenvalue weighted by atomic mass is 10.0. The van der Waals surface area contributed by atoms with Gasteiger partial charge in [0.25, 0.3) is 5.69 Å². The maximum absolute atomic E-state index is 12.8. The quantitative estimate of drug-likeness (QED) is 0.422. The fourth-order valence-corrected chi connectivity index (χ4v) is 4.13.